The summed E-state index contributed by atoms with van der Waals surface area (Å²) in [7, 11) is -9.68. The number of fused-ring (bicyclic) bond motifs is 2. The van der Waals surface area contributed by atoms with E-state index < -0.39 is 39.8 Å². The topological polar surface area (TPSA) is 71.5 Å². The molecular formula is C23H20FNO4S2. The van der Waals surface area contributed by atoms with Gasteiger partial charge in [0.2, 0.25) is 19.7 Å². The van der Waals surface area contributed by atoms with E-state index in [2.05, 4.69) is 0 Å². The van der Waals surface area contributed by atoms with Crippen molar-refractivity contribution in [2.24, 2.45) is 0 Å². The van der Waals surface area contributed by atoms with Crippen molar-refractivity contribution in [3.8, 4) is 0 Å². The van der Waals surface area contributed by atoms with Crippen LogP contribution in [0, 0.1) is 6.92 Å². The second-order valence-electron chi connectivity index (χ2n) is 7.92. The summed E-state index contributed by atoms with van der Waals surface area (Å²) in [6.45, 7) is 2.20. The molecule has 8 heteroatoms. The second-order valence-corrected chi connectivity index (χ2v) is 12.3. The highest BCUT2D eigenvalue weighted by atomic mass is 32.3. The Morgan fingerprint density at radius 1 is 0.839 bits per heavy atom. The van der Waals surface area contributed by atoms with Gasteiger partial charge >= 0.3 is 4.33 Å². The smallest absolute Gasteiger partial charge is 0.341 e. The van der Waals surface area contributed by atoms with Crippen molar-refractivity contribution < 1.29 is 21.2 Å². The molecule has 0 fully saturated rings. The third-order valence-corrected chi connectivity index (χ3v) is 11.4. The number of hydrogen-bond acceptors (Lipinski definition) is 5. The van der Waals surface area contributed by atoms with E-state index in [4.69, 9.17) is 0 Å². The summed E-state index contributed by atoms with van der Waals surface area (Å²) in [5.41, 5.74) is 2.68. The van der Waals surface area contributed by atoms with Crippen molar-refractivity contribution in [2.75, 3.05) is 11.4 Å². The van der Waals surface area contributed by atoms with Gasteiger partial charge < -0.3 is 4.90 Å². The second kappa shape index (κ2) is 6.64. The van der Waals surface area contributed by atoms with Crippen LogP contribution in [0.3, 0.4) is 0 Å². The minimum absolute atomic E-state index is 0.289. The van der Waals surface area contributed by atoms with Crippen LogP contribution in [-0.2, 0) is 26.1 Å². The van der Waals surface area contributed by atoms with Gasteiger partial charge in [-0.05, 0) is 48.7 Å². The minimum Gasteiger partial charge on any atom is -0.359 e. The number of hydrogen-bond donors (Lipinski definition) is 0. The van der Waals surface area contributed by atoms with E-state index in [1.807, 2.05) is 19.1 Å². The SMILES string of the molecule is Cc1ccc(N2CCc3ccccc3C2C2(F)S(=O)(=O)c3ccccc3S2(=O)=O)cc1. The van der Waals surface area contributed by atoms with Crippen molar-refractivity contribution in [2.45, 2.75) is 33.5 Å². The first-order valence-corrected chi connectivity index (χ1v) is 12.8. The summed E-state index contributed by atoms with van der Waals surface area (Å²) in [6, 6.07) is 17.7. The van der Waals surface area contributed by atoms with Crippen LogP contribution in [0.15, 0.2) is 82.6 Å². The Kier molecular flexibility index (Phi) is 4.33. The molecule has 0 bridgehead atoms. The maximum atomic E-state index is 17.0. The van der Waals surface area contributed by atoms with Gasteiger partial charge in [0.15, 0.2) is 0 Å². The van der Waals surface area contributed by atoms with E-state index in [-0.39, 0.29) is 6.54 Å². The third-order valence-electron chi connectivity index (χ3n) is 6.14. The van der Waals surface area contributed by atoms with Crippen LogP contribution in [-0.4, -0.2) is 27.7 Å². The molecule has 0 N–H and O–H groups in total. The number of alkyl halides is 1. The molecule has 2 heterocycles. The quantitative estimate of drug-likeness (QED) is 0.582. The van der Waals surface area contributed by atoms with Crippen LogP contribution < -0.4 is 4.90 Å². The van der Waals surface area contributed by atoms with Gasteiger partial charge in [-0.2, -0.15) is 0 Å². The minimum atomic E-state index is -4.84. The van der Waals surface area contributed by atoms with Gasteiger partial charge in [0, 0.05) is 12.2 Å². The van der Waals surface area contributed by atoms with Crippen LogP contribution in [0.1, 0.15) is 22.7 Å². The highest BCUT2D eigenvalue weighted by Crippen LogP contribution is 2.56. The molecule has 0 radical (unpaired) electrons. The summed E-state index contributed by atoms with van der Waals surface area (Å²) in [4.78, 5) is 0.608. The lowest BCUT2D eigenvalue weighted by Gasteiger charge is -2.43. The van der Waals surface area contributed by atoms with E-state index in [0.717, 1.165) is 23.3 Å². The Labute approximate surface area is 181 Å². The number of sulfone groups is 2. The summed E-state index contributed by atoms with van der Waals surface area (Å²) >= 11 is 0. The Balaban J connectivity index is 1.82. The first kappa shape index (κ1) is 20.2. The fraction of sp³-hybridized carbons (Fsp3) is 0.217. The molecular weight excluding hydrogens is 437 g/mol. The molecule has 31 heavy (non-hydrogen) atoms. The molecule has 0 saturated heterocycles. The molecule has 3 aromatic carbocycles. The Morgan fingerprint density at radius 3 is 2.00 bits per heavy atom. The van der Waals surface area contributed by atoms with Crippen LogP contribution in [0.25, 0.3) is 0 Å². The van der Waals surface area contributed by atoms with Crippen LogP contribution in [0.2, 0.25) is 0 Å². The highest BCUT2D eigenvalue weighted by Gasteiger charge is 2.70. The van der Waals surface area contributed by atoms with Crippen molar-refractivity contribution in [3.63, 3.8) is 0 Å². The molecule has 1 unspecified atom stereocenters. The fourth-order valence-corrected chi connectivity index (χ4v) is 9.81. The molecule has 5 rings (SSSR count). The molecule has 1 atom stereocenters. The summed E-state index contributed by atoms with van der Waals surface area (Å²) < 4.78 is 67.4. The fourth-order valence-electron chi connectivity index (χ4n) is 4.59. The summed E-state index contributed by atoms with van der Waals surface area (Å²) in [5, 5.41) is 0. The molecule has 160 valence electrons. The lowest BCUT2D eigenvalue weighted by Crippen LogP contribution is -2.53. The predicted molar refractivity (Wildman–Crippen MR) is 116 cm³/mol. The van der Waals surface area contributed by atoms with Crippen LogP contribution >= 0.6 is 0 Å². The van der Waals surface area contributed by atoms with Crippen LogP contribution in [0.4, 0.5) is 10.1 Å². The Morgan fingerprint density at radius 2 is 1.39 bits per heavy atom. The van der Waals surface area contributed by atoms with Crippen LogP contribution in [0.5, 0.6) is 0 Å². The molecule has 5 nitrogen and oxygen atoms in total. The molecule has 2 aliphatic heterocycles. The first-order chi connectivity index (χ1) is 14.7. The van der Waals surface area contributed by atoms with Gasteiger partial charge in [0.25, 0.3) is 0 Å². The van der Waals surface area contributed by atoms with Crippen molar-refractivity contribution in [3.05, 3.63) is 89.5 Å². The zero-order valence-corrected chi connectivity index (χ0v) is 18.3. The van der Waals surface area contributed by atoms with Gasteiger partial charge in [-0.25, -0.2) is 21.2 Å². The lowest BCUT2D eigenvalue weighted by atomic mass is 9.92. The first-order valence-electron chi connectivity index (χ1n) is 9.88. The van der Waals surface area contributed by atoms with Gasteiger partial charge in [-0.3, -0.25) is 0 Å². The van der Waals surface area contributed by atoms with E-state index in [1.54, 1.807) is 41.3 Å². The Bertz CT molecular complexity index is 1350. The summed E-state index contributed by atoms with van der Waals surface area (Å²) in [5.74, 6) is 0. The molecule has 0 amide bonds. The van der Waals surface area contributed by atoms with Gasteiger partial charge in [-0.1, -0.05) is 54.1 Å². The molecule has 0 spiro atoms. The van der Waals surface area contributed by atoms with E-state index in [9.17, 15) is 16.8 Å². The normalized spacial score (nSPS) is 22.5. The van der Waals surface area contributed by atoms with E-state index in [1.165, 1.54) is 12.1 Å². The van der Waals surface area contributed by atoms with Crippen molar-refractivity contribution in [1.82, 2.24) is 0 Å². The standard InChI is InChI=1S/C23H20FNO4S2/c1-16-10-12-18(13-11-16)25-15-14-17-6-2-3-7-19(17)22(25)23(24)30(26,27)20-8-4-5-9-21(20)31(23,28)29/h2-13,22H,14-15H2,1H3. The molecule has 0 saturated carbocycles. The highest BCUT2D eigenvalue weighted by molar-refractivity contribution is 8.12. The molecule has 0 aromatic heterocycles. The van der Waals surface area contributed by atoms with Crippen molar-refractivity contribution in [1.29, 1.82) is 0 Å². The number of aryl methyl sites for hydroxylation is 1. The molecule has 3 aromatic rings. The number of benzene rings is 3. The van der Waals surface area contributed by atoms with E-state index >= 15 is 4.39 Å². The predicted octanol–water partition coefficient (Wildman–Crippen LogP) is 3.98. The molecule has 2 aliphatic rings. The average molecular weight is 458 g/mol. The van der Waals surface area contributed by atoms with Gasteiger partial charge in [0.1, 0.15) is 6.04 Å². The summed E-state index contributed by atoms with van der Waals surface area (Å²) in [6.07, 6.45) is 0.545. The monoisotopic (exact) mass is 457 g/mol. The zero-order valence-electron chi connectivity index (χ0n) is 16.7. The van der Waals surface area contributed by atoms with E-state index in [0.29, 0.717) is 17.7 Å². The number of halogens is 1. The number of nitrogens with zero attached hydrogens (tertiary/aromatic N) is 1. The average Bonchev–Trinajstić information content (AvgIpc) is 2.89. The largest absolute Gasteiger partial charge is 0.359 e. The van der Waals surface area contributed by atoms with Gasteiger partial charge in [0.05, 0.1) is 9.79 Å². The maximum Gasteiger partial charge on any atom is 0.341 e. The van der Waals surface area contributed by atoms with Gasteiger partial charge in [-0.15, -0.1) is 0 Å². The lowest BCUT2D eigenvalue weighted by molar-refractivity contribution is 0.297. The van der Waals surface area contributed by atoms with Crippen molar-refractivity contribution >= 4 is 25.4 Å². The number of rotatable bonds is 2. The molecule has 0 aliphatic carbocycles. The number of anilines is 1. The maximum absolute atomic E-state index is 17.0. The zero-order chi connectivity index (χ0) is 22.0. The third kappa shape index (κ3) is 2.58. The Hall–Kier alpha value is -2.71.